The molecule has 0 bridgehead atoms. The van der Waals surface area contributed by atoms with Crippen LogP contribution >= 0.6 is 0 Å². The predicted molar refractivity (Wildman–Crippen MR) is 174 cm³/mol. The van der Waals surface area contributed by atoms with Crippen molar-refractivity contribution in [3.8, 4) is 5.69 Å². The first-order chi connectivity index (χ1) is 20.2. The molecule has 42 heavy (non-hydrogen) atoms. The van der Waals surface area contributed by atoms with E-state index in [0.717, 1.165) is 56.1 Å². The van der Waals surface area contributed by atoms with Crippen LogP contribution in [-0.4, -0.2) is 26.6 Å². The lowest BCUT2D eigenvalue weighted by Crippen LogP contribution is -2.29. The molecule has 0 saturated carbocycles. The van der Waals surface area contributed by atoms with Crippen LogP contribution in [0.2, 0.25) is 0 Å². The summed E-state index contributed by atoms with van der Waals surface area (Å²) in [6.45, 7) is 12.6. The summed E-state index contributed by atoms with van der Waals surface area (Å²) in [4.78, 5) is 0. The molecule has 2 N–H and O–H groups in total. The monoisotopic (exact) mass is 551 g/mol. The highest BCUT2D eigenvalue weighted by atomic mass is 16.3. The van der Waals surface area contributed by atoms with Gasteiger partial charge in [-0.15, -0.1) is 0 Å². The van der Waals surface area contributed by atoms with Crippen LogP contribution < -0.4 is 4.58 Å². The summed E-state index contributed by atoms with van der Waals surface area (Å²) < 4.78 is 4.49. The van der Waals surface area contributed by atoms with Crippen molar-refractivity contribution in [2.45, 2.75) is 47.6 Å². The molecule has 4 heteroatoms. The Hall–Kier alpha value is -4.67. The van der Waals surface area contributed by atoms with Gasteiger partial charge in [-0.25, -0.2) is 0 Å². The van der Waals surface area contributed by atoms with Gasteiger partial charge in [0.05, 0.1) is 16.7 Å². The van der Waals surface area contributed by atoms with Gasteiger partial charge in [-0.3, -0.25) is 0 Å². The molecule has 0 amide bonds. The van der Waals surface area contributed by atoms with Crippen LogP contribution in [0, 0.1) is 34.6 Å². The highest BCUT2D eigenvalue weighted by molar-refractivity contribution is 6.31. The van der Waals surface area contributed by atoms with Crippen LogP contribution in [0.1, 0.15) is 46.0 Å². The number of benzene rings is 4. The number of fused-ring (bicyclic) bond motifs is 2. The van der Waals surface area contributed by atoms with Crippen molar-refractivity contribution in [1.82, 2.24) is 9.14 Å². The normalized spacial score (nSPS) is 18.2. The van der Waals surface area contributed by atoms with E-state index in [1.807, 2.05) is 24.3 Å². The molecule has 2 aliphatic rings. The molecule has 0 radical (unpaired) electrons. The van der Waals surface area contributed by atoms with Gasteiger partial charge in [0.15, 0.2) is 5.71 Å². The summed E-state index contributed by atoms with van der Waals surface area (Å²) >= 11 is 0. The molecule has 1 unspecified atom stereocenters. The van der Waals surface area contributed by atoms with Gasteiger partial charge in [-0.05, 0) is 81.1 Å². The Morgan fingerprint density at radius 1 is 0.690 bits per heavy atom. The number of allylic oxidation sites excluding steroid dienone is 1. The zero-order valence-corrected chi connectivity index (χ0v) is 24.9. The zero-order valence-electron chi connectivity index (χ0n) is 24.9. The van der Waals surface area contributed by atoms with Crippen LogP contribution in [0.25, 0.3) is 27.7 Å². The van der Waals surface area contributed by atoms with E-state index in [2.05, 4.69) is 111 Å². The summed E-state index contributed by atoms with van der Waals surface area (Å²) in [5, 5.41) is 24.7. The Kier molecular flexibility index (Phi) is 5.89. The molecule has 0 saturated heterocycles. The summed E-state index contributed by atoms with van der Waals surface area (Å²) in [6, 6.07) is 29.6. The average molecular weight is 552 g/mol. The number of hydrogen-bond acceptors (Lipinski definition) is 2. The first kappa shape index (κ1) is 26.2. The minimum atomic E-state index is -0.917. The van der Waals surface area contributed by atoms with E-state index >= 15 is 0 Å². The van der Waals surface area contributed by atoms with Crippen LogP contribution in [0.4, 0.5) is 11.4 Å². The van der Waals surface area contributed by atoms with E-state index in [9.17, 15) is 10.2 Å². The fourth-order valence-electron chi connectivity index (χ4n) is 7.22. The minimum Gasteiger partial charge on any atom is -0.507 e. The Morgan fingerprint density at radius 2 is 1.29 bits per heavy atom. The van der Waals surface area contributed by atoms with E-state index in [-0.39, 0.29) is 5.76 Å². The summed E-state index contributed by atoms with van der Waals surface area (Å²) in [6.07, 6.45) is -0.917. The number of aryl methyl sites for hydroxylation is 4. The standard InChI is InChI=1S/C38H34N2O2/c1-21-15-22(2)18-27(17-21)39-25(5)33(29-11-7-9-13-31(29)39)35-37(41)36(38(35)42)34-26(6)40(32-14-10-8-12-30(32)34)28-19-23(3)16-24(4)20-28/h7-20,37,41H,1-6H3/p+1. The topological polar surface area (TPSA) is 48.4 Å². The molecule has 1 atom stereocenters. The number of para-hydroxylation sites is 2. The SMILES string of the molecule is CC1=[N+](c2cc(C)cc(C)c2)c2ccccc2C1=C1C(O)=C(c2c(C)n(-c3cc(C)cc(C)c3)c3ccccc23)C1O. The van der Waals surface area contributed by atoms with Crippen LogP contribution in [0.15, 0.2) is 96.3 Å². The van der Waals surface area contributed by atoms with Crippen molar-refractivity contribution in [3.05, 3.63) is 135 Å². The molecule has 0 spiro atoms. The average Bonchev–Trinajstić information content (AvgIpc) is 3.38. The number of nitrogens with zero attached hydrogens (tertiary/aromatic N) is 2. The maximum absolute atomic E-state index is 11.9. The number of hydrogen-bond donors (Lipinski definition) is 2. The Labute approximate surface area is 246 Å². The lowest BCUT2D eigenvalue weighted by molar-refractivity contribution is 0.232. The third-order valence-corrected chi connectivity index (χ3v) is 8.75. The van der Waals surface area contributed by atoms with Gasteiger partial charge in [0.2, 0.25) is 11.4 Å². The second kappa shape index (κ2) is 9.43. The number of aliphatic hydroxyl groups excluding tert-OH is 2. The maximum atomic E-state index is 11.9. The third-order valence-electron chi connectivity index (χ3n) is 8.75. The Bertz CT molecular complexity index is 2030. The zero-order chi connectivity index (χ0) is 29.4. The Morgan fingerprint density at radius 3 is 1.95 bits per heavy atom. The van der Waals surface area contributed by atoms with Crippen LogP contribution in [0.3, 0.4) is 0 Å². The fraction of sp³-hybridized carbons (Fsp3) is 0.184. The molecule has 0 fully saturated rings. The van der Waals surface area contributed by atoms with Crippen molar-refractivity contribution in [2.75, 3.05) is 0 Å². The summed E-state index contributed by atoms with van der Waals surface area (Å²) in [5.74, 6) is 0.167. The van der Waals surface area contributed by atoms with Gasteiger partial charge < -0.3 is 14.8 Å². The molecule has 7 rings (SSSR count). The van der Waals surface area contributed by atoms with Gasteiger partial charge in [0.1, 0.15) is 11.9 Å². The molecule has 5 aromatic rings. The van der Waals surface area contributed by atoms with Crippen molar-refractivity contribution in [3.63, 3.8) is 0 Å². The van der Waals surface area contributed by atoms with Gasteiger partial charge in [0, 0.05) is 58.6 Å². The fourth-order valence-corrected chi connectivity index (χ4v) is 7.22. The smallest absolute Gasteiger partial charge is 0.219 e. The number of aliphatic hydroxyl groups is 2. The minimum absolute atomic E-state index is 0.167. The largest absolute Gasteiger partial charge is 0.507 e. The van der Waals surface area contributed by atoms with Crippen molar-refractivity contribution in [1.29, 1.82) is 0 Å². The van der Waals surface area contributed by atoms with Gasteiger partial charge >= 0.3 is 0 Å². The van der Waals surface area contributed by atoms with E-state index in [1.165, 1.54) is 22.3 Å². The van der Waals surface area contributed by atoms with Crippen LogP contribution in [-0.2, 0) is 0 Å². The molecule has 1 aliphatic carbocycles. The van der Waals surface area contributed by atoms with E-state index in [4.69, 9.17) is 0 Å². The van der Waals surface area contributed by atoms with E-state index in [0.29, 0.717) is 11.1 Å². The molecule has 1 aromatic heterocycles. The lowest BCUT2D eigenvalue weighted by Gasteiger charge is -2.31. The third kappa shape index (κ3) is 3.75. The second-order valence-corrected chi connectivity index (χ2v) is 11.9. The van der Waals surface area contributed by atoms with E-state index in [1.54, 1.807) is 0 Å². The highest BCUT2D eigenvalue weighted by Crippen LogP contribution is 2.50. The highest BCUT2D eigenvalue weighted by Gasteiger charge is 2.45. The van der Waals surface area contributed by atoms with Gasteiger partial charge in [-0.2, -0.15) is 4.58 Å². The van der Waals surface area contributed by atoms with Crippen molar-refractivity contribution < 1.29 is 10.2 Å². The lowest BCUT2D eigenvalue weighted by atomic mass is 9.76. The molecule has 1 aliphatic heterocycles. The summed E-state index contributed by atoms with van der Waals surface area (Å²) in [5.41, 5.74) is 15.0. The molecule has 208 valence electrons. The van der Waals surface area contributed by atoms with Gasteiger partial charge in [0.25, 0.3) is 0 Å². The number of aromatic nitrogens is 1. The second-order valence-electron chi connectivity index (χ2n) is 11.9. The van der Waals surface area contributed by atoms with E-state index < -0.39 is 6.10 Å². The van der Waals surface area contributed by atoms with Gasteiger partial charge in [-0.1, -0.05) is 42.5 Å². The first-order valence-corrected chi connectivity index (χ1v) is 14.5. The molecule has 4 aromatic carbocycles. The predicted octanol–water partition coefficient (Wildman–Crippen LogP) is 8.58. The summed E-state index contributed by atoms with van der Waals surface area (Å²) in [7, 11) is 0. The molecular weight excluding hydrogens is 516 g/mol. The number of rotatable bonds is 3. The quantitative estimate of drug-likeness (QED) is 0.221. The molecule has 2 heterocycles. The molecular formula is C38H35N2O2+. The molecule has 4 nitrogen and oxygen atoms in total. The maximum Gasteiger partial charge on any atom is 0.219 e. The Balaban J connectivity index is 1.47. The van der Waals surface area contributed by atoms with Crippen molar-refractivity contribution in [2.24, 2.45) is 0 Å². The van der Waals surface area contributed by atoms with Crippen molar-refractivity contribution >= 4 is 39.1 Å². The first-order valence-electron chi connectivity index (χ1n) is 14.5. The van der Waals surface area contributed by atoms with Crippen LogP contribution in [0.5, 0.6) is 0 Å².